The number of nitrogens with zero attached hydrogens (tertiary/aromatic N) is 2. The lowest BCUT2D eigenvalue weighted by atomic mass is 10.1. The Balaban J connectivity index is 1.43. The second-order valence-electron chi connectivity index (χ2n) is 6.50. The van der Waals surface area contributed by atoms with Crippen molar-refractivity contribution in [1.29, 1.82) is 0 Å². The number of carbonyl (C=O) groups is 1. The van der Waals surface area contributed by atoms with E-state index in [1.54, 1.807) is 0 Å². The van der Waals surface area contributed by atoms with Crippen molar-refractivity contribution in [3.63, 3.8) is 0 Å². The lowest BCUT2D eigenvalue weighted by Crippen LogP contribution is -2.15. The van der Waals surface area contributed by atoms with Gasteiger partial charge >= 0.3 is 0 Å². The van der Waals surface area contributed by atoms with E-state index >= 15 is 0 Å². The van der Waals surface area contributed by atoms with E-state index in [2.05, 4.69) is 20.4 Å². The lowest BCUT2D eigenvalue weighted by Gasteiger charge is -2.09. The van der Waals surface area contributed by atoms with Crippen LogP contribution in [0.25, 0.3) is 33.4 Å². The summed E-state index contributed by atoms with van der Waals surface area (Å²) in [4.78, 5) is 20.6. The fourth-order valence-electron chi connectivity index (χ4n) is 3.29. The van der Waals surface area contributed by atoms with E-state index in [9.17, 15) is 4.79 Å². The minimum atomic E-state index is -0.164. The number of aromatic nitrogens is 3. The molecule has 0 aliphatic carbocycles. The predicted molar refractivity (Wildman–Crippen MR) is 108 cm³/mol. The van der Waals surface area contributed by atoms with Gasteiger partial charge in [-0.3, -0.25) is 4.79 Å². The highest BCUT2D eigenvalue weighted by atomic mass is 16.5. The van der Waals surface area contributed by atoms with Crippen LogP contribution in [0.1, 0.15) is 5.69 Å². The maximum Gasteiger partial charge on any atom is 0.230 e. The van der Waals surface area contributed by atoms with Crippen molar-refractivity contribution in [3.05, 3.63) is 78.5 Å². The highest BCUT2D eigenvalue weighted by Crippen LogP contribution is 2.28. The van der Waals surface area contributed by atoms with Gasteiger partial charge in [-0.15, -0.1) is 0 Å². The molecule has 0 unspecified atom stereocenters. The van der Waals surface area contributed by atoms with Gasteiger partial charge in [0.25, 0.3) is 0 Å². The zero-order valence-corrected chi connectivity index (χ0v) is 14.8. The molecule has 28 heavy (non-hydrogen) atoms. The average molecular weight is 368 g/mol. The van der Waals surface area contributed by atoms with Crippen LogP contribution in [0, 0.1) is 0 Å². The summed E-state index contributed by atoms with van der Waals surface area (Å²) in [5.74, 6) is 0.548. The second-order valence-corrected chi connectivity index (χ2v) is 6.50. The maximum atomic E-state index is 12.7. The Kier molecular flexibility index (Phi) is 3.87. The van der Waals surface area contributed by atoms with Crippen molar-refractivity contribution in [2.24, 2.45) is 0 Å². The summed E-state index contributed by atoms with van der Waals surface area (Å²) < 4.78 is 5.28. The number of aromatic amines is 1. The predicted octanol–water partition coefficient (Wildman–Crippen LogP) is 4.55. The van der Waals surface area contributed by atoms with Crippen LogP contribution in [0.4, 0.5) is 5.69 Å². The SMILES string of the molecule is O=C(Cc1noc2ccccc12)Nc1ccccc1-c1nc2ccccc2[nH]1. The lowest BCUT2D eigenvalue weighted by molar-refractivity contribution is -0.115. The van der Waals surface area contributed by atoms with Crippen LogP contribution < -0.4 is 5.32 Å². The number of H-pyrrole nitrogens is 1. The van der Waals surface area contributed by atoms with Gasteiger partial charge in [0, 0.05) is 10.9 Å². The van der Waals surface area contributed by atoms with Crippen LogP contribution in [0.2, 0.25) is 0 Å². The number of hydrogen-bond donors (Lipinski definition) is 2. The monoisotopic (exact) mass is 368 g/mol. The van der Waals surface area contributed by atoms with Crippen molar-refractivity contribution < 1.29 is 9.32 Å². The summed E-state index contributed by atoms with van der Waals surface area (Å²) in [6.07, 6.45) is 0.130. The Morgan fingerprint density at radius 3 is 2.68 bits per heavy atom. The molecule has 0 spiro atoms. The molecule has 6 heteroatoms. The molecule has 2 N–H and O–H groups in total. The third-order valence-corrected chi connectivity index (χ3v) is 4.63. The number of benzene rings is 3. The highest BCUT2D eigenvalue weighted by molar-refractivity contribution is 5.98. The summed E-state index contributed by atoms with van der Waals surface area (Å²) in [7, 11) is 0. The third-order valence-electron chi connectivity index (χ3n) is 4.63. The normalized spacial score (nSPS) is 11.1. The van der Waals surface area contributed by atoms with Gasteiger partial charge in [-0.2, -0.15) is 0 Å². The number of rotatable bonds is 4. The molecule has 0 bridgehead atoms. The molecule has 0 fully saturated rings. The molecule has 5 aromatic rings. The van der Waals surface area contributed by atoms with Crippen LogP contribution >= 0.6 is 0 Å². The van der Waals surface area contributed by atoms with Gasteiger partial charge < -0.3 is 14.8 Å². The molecule has 0 atom stereocenters. The molecule has 0 aliphatic heterocycles. The van der Waals surface area contributed by atoms with Crippen LogP contribution in [-0.4, -0.2) is 21.0 Å². The van der Waals surface area contributed by atoms with Gasteiger partial charge in [-0.05, 0) is 36.4 Å². The largest absolute Gasteiger partial charge is 0.356 e. The first kappa shape index (κ1) is 16.3. The van der Waals surface area contributed by atoms with E-state index in [4.69, 9.17) is 4.52 Å². The molecule has 0 saturated carbocycles. The number of imidazole rings is 1. The number of nitrogens with one attached hydrogen (secondary N) is 2. The minimum Gasteiger partial charge on any atom is -0.356 e. The Morgan fingerprint density at radius 2 is 1.75 bits per heavy atom. The van der Waals surface area contributed by atoms with Gasteiger partial charge in [-0.25, -0.2) is 4.98 Å². The van der Waals surface area contributed by atoms with Crippen molar-refractivity contribution in [3.8, 4) is 11.4 Å². The van der Waals surface area contributed by atoms with Crippen LogP contribution in [0.15, 0.2) is 77.3 Å². The van der Waals surface area contributed by atoms with Gasteiger partial charge in [-0.1, -0.05) is 41.6 Å². The van der Waals surface area contributed by atoms with E-state index in [0.717, 1.165) is 22.0 Å². The first-order valence-corrected chi connectivity index (χ1v) is 8.95. The summed E-state index contributed by atoms with van der Waals surface area (Å²) >= 11 is 0. The third kappa shape index (κ3) is 2.91. The molecule has 2 heterocycles. The van der Waals surface area contributed by atoms with Gasteiger partial charge in [0.1, 0.15) is 11.5 Å². The Morgan fingerprint density at radius 1 is 0.964 bits per heavy atom. The number of carbonyl (C=O) groups excluding carboxylic acids is 1. The fourth-order valence-corrected chi connectivity index (χ4v) is 3.29. The molecule has 136 valence electrons. The van der Waals surface area contributed by atoms with E-state index in [1.807, 2.05) is 72.8 Å². The number of hydrogen-bond acceptors (Lipinski definition) is 4. The van der Waals surface area contributed by atoms with Crippen molar-refractivity contribution in [2.75, 3.05) is 5.32 Å². The van der Waals surface area contributed by atoms with Crippen LogP contribution in [0.5, 0.6) is 0 Å². The molecule has 2 aromatic heterocycles. The summed E-state index contributed by atoms with van der Waals surface area (Å²) in [5.41, 5.74) is 4.65. The Labute approximate surface area is 160 Å². The van der Waals surface area contributed by atoms with E-state index in [0.29, 0.717) is 22.8 Å². The van der Waals surface area contributed by atoms with E-state index in [1.165, 1.54) is 0 Å². The first-order valence-electron chi connectivity index (χ1n) is 8.95. The van der Waals surface area contributed by atoms with Gasteiger partial charge in [0.05, 0.1) is 23.1 Å². The highest BCUT2D eigenvalue weighted by Gasteiger charge is 2.15. The molecular formula is C22H16N4O2. The topological polar surface area (TPSA) is 83.8 Å². The zero-order chi connectivity index (χ0) is 18.9. The molecule has 0 aliphatic rings. The van der Waals surface area contributed by atoms with Crippen molar-refractivity contribution >= 4 is 33.6 Å². The van der Waals surface area contributed by atoms with Crippen LogP contribution in [0.3, 0.4) is 0 Å². The van der Waals surface area contributed by atoms with Crippen molar-refractivity contribution in [1.82, 2.24) is 15.1 Å². The van der Waals surface area contributed by atoms with Crippen molar-refractivity contribution in [2.45, 2.75) is 6.42 Å². The number of para-hydroxylation sites is 4. The second kappa shape index (κ2) is 6.66. The average Bonchev–Trinajstić information content (AvgIpc) is 3.33. The Bertz CT molecular complexity index is 1270. The van der Waals surface area contributed by atoms with E-state index < -0.39 is 0 Å². The summed E-state index contributed by atoms with van der Waals surface area (Å²) in [6, 6.07) is 22.9. The first-order chi connectivity index (χ1) is 13.8. The molecule has 5 rings (SSSR count). The molecule has 0 radical (unpaired) electrons. The molecule has 3 aromatic carbocycles. The Hall–Kier alpha value is -3.93. The standard InChI is InChI=1S/C22H16N4O2/c27-21(13-19-14-7-2-6-12-20(14)28-26-19)23-16-9-3-1-8-15(16)22-24-17-10-4-5-11-18(17)25-22/h1-12H,13H2,(H,23,27)(H,24,25). The van der Waals surface area contributed by atoms with Gasteiger partial charge in [0.2, 0.25) is 5.91 Å². The summed E-state index contributed by atoms with van der Waals surface area (Å²) in [6.45, 7) is 0. The molecular weight excluding hydrogens is 352 g/mol. The quantitative estimate of drug-likeness (QED) is 0.487. The minimum absolute atomic E-state index is 0.130. The molecule has 0 saturated heterocycles. The zero-order valence-electron chi connectivity index (χ0n) is 14.8. The molecule has 6 nitrogen and oxygen atoms in total. The number of amides is 1. The number of fused-ring (bicyclic) bond motifs is 2. The summed E-state index contributed by atoms with van der Waals surface area (Å²) in [5, 5.41) is 7.86. The van der Waals surface area contributed by atoms with Crippen LogP contribution in [-0.2, 0) is 11.2 Å². The van der Waals surface area contributed by atoms with E-state index in [-0.39, 0.29) is 12.3 Å². The smallest absolute Gasteiger partial charge is 0.230 e. The molecule has 1 amide bonds. The van der Waals surface area contributed by atoms with Gasteiger partial charge in [0.15, 0.2) is 5.58 Å². The number of anilines is 1. The fraction of sp³-hybridized carbons (Fsp3) is 0.0455. The maximum absolute atomic E-state index is 12.7.